The molecule has 3 N–H and O–H groups in total. The molecule has 0 aliphatic rings. The number of fused-ring (bicyclic) bond motifs is 1. The summed E-state index contributed by atoms with van der Waals surface area (Å²) in [5.41, 5.74) is 6.11. The van der Waals surface area contributed by atoms with Crippen LogP contribution in [-0.4, -0.2) is 15.6 Å². The average Bonchev–Trinajstić information content (AvgIpc) is 2.48. The van der Waals surface area contributed by atoms with Crippen LogP contribution in [0.3, 0.4) is 0 Å². The molecule has 5 heteroatoms. The quantitative estimate of drug-likeness (QED) is 0.754. The smallest absolute Gasteiger partial charge is 0.340 e. The van der Waals surface area contributed by atoms with Crippen LogP contribution < -0.4 is 11.3 Å². The van der Waals surface area contributed by atoms with Gasteiger partial charge in [-0.2, -0.15) is 0 Å². The highest BCUT2D eigenvalue weighted by Crippen LogP contribution is 2.23. The van der Waals surface area contributed by atoms with Gasteiger partial charge in [0.2, 0.25) is 0 Å². The standard InChI is InChI=1S/C16H12N2O3/c17-14-13(16(20)21)11-8-4-5-9-12(11)15(19)18(14)10-6-2-1-3-7-10/h1-9H,17H2,(H,20,21). The molecule has 0 bridgehead atoms. The van der Waals surface area contributed by atoms with Crippen LogP contribution in [0.2, 0.25) is 0 Å². The van der Waals surface area contributed by atoms with Crippen molar-refractivity contribution in [2.24, 2.45) is 0 Å². The van der Waals surface area contributed by atoms with E-state index in [0.717, 1.165) is 0 Å². The van der Waals surface area contributed by atoms with Crippen LogP contribution in [0.15, 0.2) is 59.4 Å². The zero-order valence-electron chi connectivity index (χ0n) is 11.0. The van der Waals surface area contributed by atoms with Crippen molar-refractivity contribution < 1.29 is 9.90 Å². The van der Waals surface area contributed by atoms with Gasteiger partial charge in [0, 0.05) is 10.8 Å². The molecule has 3 rings (SSSR count). The molecule has 0 aliphatic carbocycles. The lowest BCUT2D eigenvalue weighted by Gasteiger charge is -2.14. The summed E-state index contributed by atoms with van der Waals surface area (Å²) in [5.74, 6) is -1.23. The van der Waals surface area contributed by atoms with E-state index in [1.54, 1.807) is 48.5 Å². The maximum atomic E-state index is 12.6. The lowest BCUT2D eigenvalue weighted by atomic mass is 10.1. The van der Waals surface area contributed by atoms with Crippen LogP contribution in [0.1, 0.15) is 10.4 Å². The number of nitrogens with zero attached hydrogens (tertiary/aromatic N) is 1. The first-order chi connectivity index (χ1) is 10.1. The van der Waals surface area contributed by atoms with Crippen molar-refractivity contribution in [3.05, 3.63) is 70.5 Å². The summed E-state index contributed by atoms with van der Waals surface area (Å²) >= 11 is 0. The minimum Gasteiger partial charge on any atom is -0.478 e. The number of carboxylic acid groups (broad SMARTS) is 1. The van der Waals surface area contributed by atoms with Gasteiger partial charge < -0.3 is 10.8 Å². The minimum atomic E-state index is -1.16. The second-order valence-corrected chi connectivity index (χ2v) is 4.59. The SMILES string of the molecule is Nc1c(C(=O)O)c2ccccc2c(=O)n1-c1ccccc1. The molecule has 0 fully saturated rings. The largest absolute Gasteiger partial charge is 0.478 e. The third-order valence-electron chi connectivity index (χ3n) is 3.36. The van der Waals surface area contributed by atoms with Crippen LogP contribution in [-0.2, 0) is 0 Å². The summed E-state index contributed by atoms with van der Waals surface area (Å²) in [5, 5.41) is 10.1. The lowest BCUT2D eigenvalue weighted by Crippen LogP contribution is -2.24. The lowest BCUT2D eigenvalue weighted by molar-refractivity contribution is 0.0699. The Bertz CT molecular complexity index is 899. The van der Waals surface area contributed by atoms with Gasteiger partial charge in [0.1, 0.15) is 11.4 Å². The minimum absolute atomic E-state index is 0.0611. The molecule has 0 saturated heterocycles. The Morgan fingerprint density at radius 2 is 1.52 bits per heavy atom. The first kappa shape index (κ1) is 12.9. The van der Waals surface area contributed by atoms with Crippen molar-refractivity contribution in [3.63, 3.8) is 0 Å². The first-order valence-electron chi connectivity index (χ1n) is 6.33. The number of benzene rings is 2. The van der Waals surface area contributed by atoms with E-state index < -0.39 is 5.97 Å². The molecule has 0 saturated carbocycles. The Kier molecular flexibility index (Phi) is 2.95. The number of nitrogen functional groups attached to an aromatic ring is 1. The van der Waals surface area contributed by atoms with Gasteiger partial charge in [0.15, 0.2) is 0 Å². The number of anilines is 1. The second-order valence-electron chi connectivity index (χ2n) is 4.59. The Morgan fingerprint density at radius 3 is 2.14 bits per heavy atom. The first-order valence-corrected chi connectivity index (χ1v) is 6.33. The number of para-hydroxylation sites is 1. The molecule has 0 radical (unpaired) electrons. The van der Waals surface area contributed by atoms with Gasteiger partial charge in [-0.05, 0) is 18.2 Å². The van der Waals surface area contributed by atoms with Gasteiger partial charge in [0.05, 0.1) is 5.69 Å². The number of aromatic nitrogens is 1. The predicted molar refractivity (Wildman–Crippen MR) is 80.9 cm³/mol. The van der Waals surface area contributed by atoms with Crippen molar-refractivity contribution in [3.8, 4) is 5.69 Å². The fraction of sp³-hybridized carbons (Fsp3) is 0. The van der Waals surface area contributed by atoms with Gasteiger partial charge in [-0.1, -0.05) is 36.4 Å². The highest BCUT2D eigenvalue weighted by Gasteiger charge is 2.19. The Labute approximate surface area is 119 Å². The van der Waals surface area contributed by atoms with Crippen molar-refractivity contribution in [2.75, 3.05) is 5.73 Å². The number of rotatable bonds is 2. The van der Waals surface area contributed by atoms with Crippen molar-refractivity contribution in [1.29, 1.82) is 0 Å². The molecule has 0 aliphatic heterocycles. The van der Waals surface area contributed by atoms with Crippen LogP contribution in [0, 0.1) is 0 Å². The van der Waals surface area contributed by atoms with E-state index in [-0.39, 0.29) is 16.9 Å². The summed E-state index contributed by atoms with van der Waals surface area (Å²) in [6, 6.07) is 15.3. The van der Waals surface area contributed by atoms with Gasteiger partial charge in [-0.15, -0.1) is 0 Å². The fourth-order valence-corrected chi connectivity index (χ4v) is 2.43. The normalized spacial score (nSPS) is 10.7. The topological polar surface area (TPSA) is 85.3 Å². The van der Waals surface area contributed by atoms with Crippen LogP contribution >= 0.6 is 0 Å². The van der Waals surface area contributed by atoms with E-state index in [4.69, 9.17) is 5.73 Å². The summed E-state index contributed by atoms with van der Waals surface area (Å²) in [7, 11) is 0. The van der Waals surface area contributed by atoms with E-state index in [0.29, 0.717) is 16.5 Å². The van der Waals surface area contributed by atoms with E-state index >= 15 is 0 Å². The van der Waals surface area contributed by atoms with E-state index in [1.165, 1.54) is 4.57 Å². The number of hydrogen-bond donors (Lipinski definition) is 2. The monoisotopic (exact) mass is 280 g/mol. The Morgan fingerprint density at radius 1 is 0.952 bits per heavy atom. The highest BCUT2D eigenvalue weighted by molar-refractivity contribution is 6.07. The summed E-state index contributed by atoms with van der Waals surface area (Å²) in [6.45, 7) is 0. The number of hydrogen-bond acceptors (Lipinski definition) is 3. The molecule has 0 spiro atoms. The second kappa shape index (κ2) is 4.79. The van der Waals surface area contributed by atoms with E-state index in [2.05, 4.69) is 0 Å². The number of carboxylic acids is 1. The maximum absolute atomic E-state index is 12.6. The third kappa shape index (κ3) is 1.95. The summed E-state index contributed by atoms with van der Waals surface area (Å²) in [6.07, 6.45) is 0. The van der Waals surface area contributed by atoms with Gasteiger partial charge >= 0.3 is 5.97 Å². The van der Waals surface area contributed by atoms with Gasteiger partial charge in [0.25, 0.3) is 5.56 Å². The molecule has 5 nitrogen and oxygen atoms in total. The summed E-state index contributed by atoms with van der Waals surface area (Å²) < 4.78 is 1.23. The van der Waals surface area contributed by atoms with E-state index in [1.807, 2.05) is 6.07 Å². The zero-order valence-corrected chi connectivity index (χ0v) is 11.0. The highest BCUT2D eigenvalue weighted by atomic mass is 16.4. The third-order valence-corrected chi connectivity index (χ3v) is 3.36. The van der Waals surface area contributed by atoms with Crippen molar-refractivity contribution >= 4 is 22.6 Å². The zero-order chi connectivity index (χ0) is 15.0. The van der Waals surface area contributed by atoms with Crippen LogP contribution in [0.25, 0.3) is 16.5 Å². The number of aromatic carboxylic acids is 1. The molecule has 21 heavy (non-hydrogen) atoms. The molecule has 1 aromatic heterocycles. The van der Waals surface area contributed by atoms with Gasteiger partial charge in [-0.3, -0.25) is 9.36 Å². The average molecular weight is 280 g/mol. The molecule has 0 amide bonds. The predicted octanol–water partition coefficient (Wildman–Crippen LogP) is 2.27. The molecular weight excluding hydrogens is 268 g/mol. The molecule has 3 aromatic rings. The molecule has 1 heterocycles. The van der Waals surface area contributed by atoms with Crippen molar-refractivity contribution in [2.45, 2.75) is 0 Å². The van der Waals surface area contributed by atoms with Crippen LogP contribution in [0.5, 0.6) is 0 Å². The molecule has 2 aromatic carbocycles. The Balaban J connectivity index is 2.52. The molecule has 0 unspecified atom stereocenters. The van der Waals surface area contributed by atoms with Crippen LogP contribution in [0.4, 0.5) is 5.82 Å². The number of nitrogens with two attached hydrogens (primary N) is 1. The van der Waals surface area contributed by atoms with E-state index in [9.17, 15) is 14.7 Å². The number of pyridine rings is 1. The molecule has 0 atom stereocenters. The summed E-state index contributed by atoms with van der Waals surface area (Å²) in [4.78, 5) is 24.1. The molecule has 104 valence electrons. The van der Waals surface area contributed by atoms with Gasteiger partial charge in [-0.25, -0.2) is 4.79 Å². The van der Waals surface area contributed by atoms with Crippen molar-refractivity contribution in [1.82, 2.24) is 4.57 Å². The molecular formula is C16H12N2O3. The Hall–Kier alpha value is -3.08. The number of carbonyl (C=O) groups is 1. The maximum Gasteiger partial charge on any atom is 0.340 e. The fourth-order valence-electron chi connectivity index (χ4n) is 2.43.